The number of hydroxylamine groups is 2. The minimum absolute atomic E-state index is 0.119. The largest absolute Gasteiger partial charge is 0.393 e. The van der Waals surface area contributed by atoms with Crippen molar-refractivity contribution in [2.24, 2.45) is 0 Å². The van der Waals surface area contributed by atoms with Crippen LogP contribution in [0.25, 0.3) is 0 Å². The number of unbranched alkanes of at least 4 members (excludes halogenated alkanes) is 3. The first-order chi connectivity index (χ1) is 9.79. The van der Waals surface area contributed by atoms with Crippen molar-refractivity contribution in [1.29, 1.82) is 0 Å². The van der Waals surface area contributed by atoms with Gasteiger partial charge in [0, 0.05) is 11.1 Å². The van der Waals surface area contributed by atoms with Crippen LogP contribution in [0, 0.1) is 0 Å². The zero-order valence-corrected chi connectivity index (χ0v) is 14.7. The fraction of sp³-hybridized carbons (Fsp3) is 0.889. The summed E-state index contributed by atoms with van der Waals surface area (Å²) in [5.74, 6) is 0. The molecule has 0 aromatic heterocycles. The number of aliphatic hydroxyl groups is 1. The van der Waals surface area contributed by atoms with E-state index in [1.165, 1.54) is 25.7 Å². The molecule has 0 aliphatic carbocycles. The third-order valence-electron chi connectivity index (χ3n) is 4.22. The first-order valence-electron chi connectivity index (χ1n) is 8.56. The van der Waals surface area contributed by atoms with Crippen molar-refractivity contribution in [3.8, 4) is 0 Å². The van der Waals surface area contributed by atoms with Gasteiger partial charge in [-0.2, -0.15) is 5.06 Å². The molecule has 1 aliphatic rings. The van der Waals surface area contributed by atoms with Crippen molar-refractivity contribution in [2.75, 3.05) is 6.61 Å². The Labute approximate surface area is 131 Å². The van der Waals surface area contributed by atoms with Gasteiger partial charge in [-0.15, -0.1) is 0 Å². The Hall–Kier alpha value is -0.380. The van der Waals surface area contributed by atoms with Crippen molar-refractivity contribution in [1.82, 2.24) is 5.06 Å². The molecule has 0 spiro atoms. The molecule has 1 aliphatic heterocycles. The highest BCUT2D eigenvalue weighted by Gasteiger charge is 2.45. The summed E-state index contributed by atoms with van der Waals surface area (Å²) < 4.78 is 0. The zero-order chi connectivity index (χ0) is 15.9. The Kier molecular flexibility index (Phi) is 7.38. The van der Waals surface area contributed by atoms with Crippen molar-refractivity contribution < 1.29 is 9.94 Å². The molecule has 0 aromatic carbocycles. The number of piperidine rings is 1. The molecule has 21 heavy (non-hydrogen) atoms. The standard InChI is InChI=1S/C18H35NO2/c1-6-7-8-9-10-11-12-13-21-19-17(2,3)14-16(20)15-18(19,4)5/h10-11,16,20H,6-9,12-15H2,1-5H3/b11-10-. The third-order valence-corrected chi connectivity index (χ3v) is 4.22. The second-order valence-electron chi connectivity index (χ2n) is 7.57. The van der Waals surface area contributed by atoms with E-state index in [0.29, 0.717) is 6.61 Å². The lowest BCUT2D eigenvalue weighted by atomic mass is 9.80. The van der Waals surface area contributed by atoms with Crippen LogP contribution in [0.5, 0.6) is 0 Å². The van der Waals surface area contributed by atoms with Gasteiger partial charge in [0.15, 0.2) is 0 Å². The van der Waals surface area contributed by atoms with Crippen molar-refractivity contribution in [2.45, 2.75) is 96.7 Å². The van der Waals surface area contributed by atoms with Gasteiger partial charge in [-0.25, -0.2) is 0 Å². The Balaban J connectivity index is 2.35. The highest BCUT2D eigenvalue weighted by atomic mass is 16.7. The molecule has 124 valence electrons. The van der Waals surface area contributed by atoms with E-state index in [1.807, 2.05) is 0 Å². The lowest BCUT2D eigenvalue weighted by Crippen LogP contribution is -2.61. The fourth-order valence-corrected chi connectivity index (χ4v) is 3.52. The smallest absolute Gasteiger partial charge is 0.0720 e. The zero-order valence-electron chi connectivity index (χ0n) is 14.7. The highest BCUT2D eigenvalue weighted by molar-refractivity contribution is 4.96. The molecule has 0 saturated carbocycles. The maximum Gasteiger partial charge on any atom is 0.0720 e. The summed E-state index contributed by atoms with van der Waals surface area (Å²) in [5.41, 5.74) is -0.238. The SMILES string of the molecule is CCCCC/C=C\CCON1C(C)(C)CC(O)CC1(C)C. The number of allylic oxidation sites excluding steroid dienone is 1. The van der Waals surface area contributed by atoms with Crippen LogP contribution in [0.2, 0.25) is 0 Å². The predicted octanol–water partition coefficient (Wildman–Crippen LogP) is 4.46. The van der Waals surface area contributed by atoms with Gasteiger partial charge < -0.3 is 5.11 Å². The minimum atomic E-state index is -0.228. The molecule has 0 unspecified atom stereocenters. The van der Waals surface area contributed by atoms with Crippen LogP contribution < -0.4 is 0 Å². The van der Waals surface area contributed by atoms with E-state index in [1.54, 1.807) is 0 Å². The molecule has 1 saturated heterocycles. The molecule has 1 fully saturated rings. The third kappa shape index (κ3) is 6.09. The van der Waals surface area contributed by atoms with Crippen LogP contribution in [0.3, 0.4) is 0 Å². The van der Waals surface area contributed by atoms with Crippen molar-refractivity contribution >= 4 is 0 Å². The summed E-state index contributed by atoms with van der Waals surface area (Å²) in [5, 5.41) is 12.1. The number of hydrogen-bond donors (Lipinski definition) is 1. The van der Waals surface area contributed by atoms with Crippen molar-refractivity contribution in [3.63, 3.8) is 0 Å². The summed E-state index contributed by atoms with van der Waals surface area (Å²) in [6, 6.07) is 0. The topological polar surface area (TPSA) is 32.7 Å². The lowest BCUT2D eigenvalue weighted by Gasteiger charge is -2.52. The van der Waals surface area contributed by atoms with E-state index in [4.69, 9.17) is 4.84 Å². The molecule has 3 heteroatoms. The summed E-state index contributed by atoms with van der Waals surface area (Å²) >= 11 is 0. The van der Waals surface area contributed by atoms with E-state index in [0.717, 1.165) is 19.3 Å². The van der Waals surface area contributed by atoms with E-state index in [-0.39, 0.29) is 17.2 Å². The van der Waals surface area contributed by atoms with Crippen LogP contribution >= 0.6 is 0 Å². The van der Waals surface area contributed by atoms with E-state index in [9.17, 15) is 5.11 Å². The number of aliphatic hydroxyl groups excluding tert-OH is 1. The van der Waals surface area contributed by atoms with Gasteiger partial charge in [-0.3, -0.25) is 4.84 Å². The van der Waals surface area contributed by atoms with Gasteiger partial charge in [0.1, 0.15) is 0 Å². The maximum absolute atomic E-state index is 10.0. The second-order valence-corrected chi connectivity index (χ2v) is 7.57. The first kappa shape index (κ1) is 18.7. The van der Waals surface area contributed by atoms with E-state index >= 15 is 0 Å². The Morgan fingerprint density at radius 2 is 1.62 bits per heavy atom. The Morgan fingerprint density at radius 3 is 2.19 bits per heavy atom. The number of nitrogens with zero attached hydrogens (tertiary/aromatic N) is 1. The van der Waals surface area contributed by atoms with Crippen LogP contribution in [-0.4, -0.2) is 34.0 Å². The van der Waals surface area contributed by atoms with E-state index in [2.05, 4.69) is 51.8 Å². The van der Waals surface area contributed by atoms with Gasteiger partial charge in [0.05, 0.1) is 12.7 Å². The van der Waals surface area contributed by atoms with Gasteiger partial charge in [-0.1, -0.05) is 31.9 Å². The van der Waals surface area contributed by atoms with Crippen LogP contribution in [0.4, 0.5) is 0 Å². The van der Waals surface area contributed by atoms with Crippen LogP contribution in [0.1, 0.15) is 79.6 Å². The average molecular weight is 297 g/mol. The molecular weight excluding hydrogens is 262 g/mol. The number of hydrogen-bond acceptors (Lipinski definition) is 3. The molecule has 0 aromatic rings. The fourth-order valence-electron chi connectivity index (χ4n) is 3.52. The molecule has 0 amide bonds. The normalized spacial score (nSPS) is 23.0. The Bertz CT molecular complexity index is 305. The molecule has 0 radical (unpaired) electrons. The van der Waals surface area contributed by atoms with Crippen LogP contribution in [-0.2, 0) is 4.84 Å². The summed E-state index contributed by atoms with van der Waals surface area (Å²) in [4.78, 5) is 6.06. The van der Waals surface area contributed by atoms with Gasteiger partial charge in [-0.05, 0) is 59.8 Å². The first-order valence-corrected chi connectivity index (χ1v) is 8.56. The maximum atomic E-state index is 10.0. The number of rotatable bonds is 8. The molecule has 1 rings (SSSR count). The van der Waals surface area contributed by atoms with Gasteiger partial charge in [0.2, 0.25) is 0 Å². The monoisotopic (exact) mass is 297 g/mol. The summed E-state index contributed by atoms with van der Waals surface area (Å²) in [6.07, 6.45) is 11.8. The van der Waals surface area contributed by atoms with Gasteiger partial charge >= 0.3 is 0 Å². The molecule has 3 nitrogen and oxygen atoms in total. The Morgan fingerprint density at radius 1 is 1.05 bits per heavy atom. The highest BCUT2D eigenvalue weighted by Crippen LogP contribution is 2.38. The van der Waals surface area contributed by atoms with Gasteiger partial charge in [0.25, 0.3) is 0 Å². The minimum Gasteiger partial charge on any atom is -0.393 e. The second kappa shape index (κ2) is 8.30. The van der Waals surface area contributed by atoms with E-state index < -0.39 is 0 Å². The van der Waals surface area contributed by atoms with Crippen molar-refractivity contribution in [3.05, 3.63) is 12.2 Å². The van der Waals surface area contributed by atoms with Crippen LogP contribution in [0.15, 0.2) is 12.2 Å². The summed E-state index contributed by atoms with van der Waals surface area (Å²) in [6.45, 7) is 11.6. The summed E-state index contributed by atoms with van der Waals surface area (Å²) in [7, 11) is 0. The predicted molar refractivity (Wildman–Crippen MR) is 89.1 cm³/mol. The molecular formula is C18H35NO2. The lowest BCUT2D eigenvalue weighted by molar-refractivity contribution is -0.291. The molecule has 1 heterocycles. The quantitative estimate of drug-likeness (QED) is 0.530. The molecule has 0 bridgehead atoms. The molecule has 1 N–H and O–H groups in total. The molecule has 0 atom stereocenters. The average Bonchev–Trinajstić information content (AvgIpc) is 2.33.